The number of aliphatic imine (C=N–C) groups is 1. The highest BCUT2D eigenvalue weighted by molar-refractivity contribution is 5.79. The Balaban J connectivity index is 1.52. The van der Waals surface area contributed by atoms with E-state index >= 15 is 0 Å². The second-order valence-electron chi connectivity index (χ2n) is 6.48. The van der Waals surface area contributed by atoms with Crippen LogP contribution in [0, 0.1) is 5.82 Å². The zero-order valence-electron chi connectivity index (χ0n) is 17.2. The molecule has 0 atom stereocenters. The lowest BCUT2D eigenvalue weighted by atomic mass is 10.3. The van der Waals surface area contributed by atoms with Crippen molar-refractivity contribution in [1.29, 1.82) is 0 Å². The summed E-state index contributed by atoms with van der Waals surface area (Å²) >= 11 is 0. The summed E-state index contributed by atoms with van der Waals surface area (Å²) in [6, 6.07) is 9.50. The Bertz CT molecular complexity index is 939. The second kappa shape index (κ2) is 10.9. The van der Waals surface area contributed by atoms with Crippen molar-refractivity contribution in [3.05, 3.63) is 66.1 Å². The molecule has 2 heterocycles. The molecule has 0 saturated carbocycles. The van der Waals surface area contributed by atoms with Crippen LogP contribution >= 0.6 is 0 Å². The second-order valence-corrected chi connectivity index (χ2v) is 6.48. The van der Waals surface area contributed by atoms with Gasteiger partial charge in [-0.25, -0.2) is 14.4 Å². The molecule has 30 heavy (non-hydrogen) atoms. The average molecular weight is 411 g/mol. The standard InChI is InChI=1S/C21H26FN7O/c1-3-19-28-27-15-29(19)12-11-24-21(23-4-2)26-14-16-5-10-20(25-13-16)30-18-8-6-17(22)7-9-18/h5-10,13,15H,3-4,11-12,14H2,1-2H3,(H2,23,24,26). The van der Waals surface area contributed by atoms with Gasteiger partial charge in [0.15, 0.2) is 5.96 Å². The number of aryl methyl sites for hydroxylation is 1. The summed E-state index contributed by atoms with van der Waals surface area (Å²) in [6.45, 7) is 6.79. The first-order valence-electron chi connectivity index (χ1n) is 9.95. The Morgan fingerprint density at radius 2 is 1.97 bits per heavy atom. The summed E-state index contributed by atoms with van der Waals surface area (Å²) in [4.78, 5) is 8.89. The fourth-order valence-corrected chi connectivity index (χ4v) is 2.73. The molecule has 0 fully saturated rings. The molecule has 0 bridgehead atoms. The number of pyridine rings is 1. The Morgan fingerprint density at radius 3 is 2.67 bits per heavy atom. The van der Waals surface area contributed by atoms with Crippen molar-refractivity contribution >= 4 is 5.96 Å². The van der Waals surface area contributed by atoms with Crippen LogP contribution in [0.4, 0.5) is 4.39 Å². The summed E-state index contributed by atoms with van der Waals surface area (Å²) in [5.41, 5.74) is 0.950. The van der Waals surface area contributed by atoms with Crippen LogP contribution in [0.15, 0.2) is 53.9 Å². The van der Waals surface area contributed by atoms with Crippen molar-refractivity contribution in [3.63, 3.8) is 0 Å². The Labute approximate surface area is 175 Å². The highest BCUT2D eigenvalue weighted by atomic mass is 19.1. The highest BCUT2D eigenvalue weighted by Crippen LogP contribution is 2.19. The molecule has 9 heteroatoms. The molecule has 0 spiro atoms. The Kier molecular flexibility index (Phi) is 7.71. The van der Waals surface area contributed by atoms with Crippen LogP contribution in [0.25, 0.3) is 0 Å². The van der Waals surface area contributed by atoms with Crippen molar-refractivity contribution < 1.29 is 9.13 Å². The minimum atomic E-state index is -0.305. The molecule has 2 N–H and O–H groups in total. The van der Waals surface area contributed by atoms with E-state index < -0.39 is 0 Å². The normalized spacial score (nSPS) is 11.4. The van der Waals surface area contributed by atoms with Gasteiger partial charge in [0.2, 0.25) is 5.88 Å². The van der Waals surface area contributed by atoms with Gasteiger partial charge < -0.3 is 19.9 Å². The molecule has 0 radical (unpaired) electrons. The number of benzene rings is 1. The molecule has 1 aromatic carbocycles. The summed E-state index contributed by atoms with van der Waals surface area (Å²) in [7, 11) is 0. The largest absolute Gasteiger partial charge is 0.439 e. The van der Waals surface area contributed by atoms with Crippen LogP contribution < -0.4 is 15.4 Å². The first-order chi connectivity index (χ1) is 14.7. The quantitative estimate of drug-likeness (QED) is 0.416. The van der Waals surface area contributed by atoms with Crippen LogP contribution in [0.2, 0.25) is 0 Å². The van der Waals surface area contributed by atoms with Gasteiger partial charge in [-0.3, -0.25) is 0 Å². The molecule has 0 aliphatic heterocycles. The maximum Gasteiger partial charge on any atom is 0.219 e. The monoisotopic (exact) mass is 411 g/mol. The molecular weight excluding hydrogens is 385 g/mol. The summed E-state index contributed by atoms with van der Waals surface area (Å²) in [6.07, 6.45) is 4.31. The molecule has 0 aliphatic rings. The lowest BCUT2D eigenvalue weighted by Crippen LogP contribution is -2.38. The first-order valence-corrected chi connectivity index (χ1v) is 9.95. The molecule has 158 valence electrons. The van der Waals surface area contributed by atoms with Crippen LogP contribution in [-0.4, -0.2) is 38.8 Å². The molecule has 3 rings (SSSR count). The molecule has 0 saturated heterocycles. The number of nitrogens with zero attached hydrogens (tertiary/aromatic N) is 5. The van der Waals surface area contributed by atoms with E-state index in [-0.39, 0.29) is 5.82 Å². The number of hydrogen-bond acceptors (Lipinski definition) is 5. The van der Waals surface area contributed by atoms with Gasteiger partial charge in [0, 0.05) is 38.3 Å². The lowest BCUT2D eigenvalue weighted by molar-refractivity contribution is 0.461. The topological polar surface area (TPSA) is 89.3 Å². The van der Waals surface area contributed by atoms with Crippen molar-refractivity contribution in [2.45, 2.75) is 33.4 Å². The lowest BCUT2D eigenvalue weighted by Gasteiger charge is -2.12. The number of nitrogens with one attached hydrogen (secondary N) is 2. The molecule has 8 nitrogen and oxygen atoms in total. The van der Waals surface area contributed by atoms with Gasteiger partial charge in [-0.05, 0) is 36.8 Å². The van der Waals surface area contributed by atoms with Crippen molar-refractivity contribution in [2.24, 2.45) is 4.99 Å². The van der Waals surface area contributed by atoms with Gasteiger partial charge in [0.1, 0.15) is 23.7 Å². The van der Waals surface area contributed by atoms with E-state index in [0.717, 1.165) is 36.9 Å². The van der Waals surface area contributed by atoms with E-state index in [9.17, 15) is 4.39 Å². The third-order valence-electron chi connectivity index (χ3n) is 4.25. The third-order valence-corrected chi connectivity index (χ3v) is 4.25. The summed E-state index contributed by atoms with van der Waals surface area (Å²) in [5.74, 6) is 2.37. The predicted octanol–water partition coefficient (Wildman–Crippen LogP) is 2.92. The molecule has 2 aromatic heterocycles. The van der Waals surface area contributed by atoms with Gasteiger partial charge in [-0.2, -0.15) is 0 Å². The Morgan fingerprint density at radius 1 is 1.13 bits per heavy atom. The van der Waals surface area contributed by atoms with Gasteiger partial charge in [0.05, 0.1) is 6.54 Å². The average Bonchev–Trinajstić information content (AvgIpc) is 3.22. The van der Waals surface area contributed by atoms with E-state index in [2.05, 4.69) is 37.7 Å². The maximum absolute atomic E-state index is 13.0. The number of guanidine groups is 1. The molecule has 0 amide bonds. The number of rotatable bonds is 9. The number of aromatic nitrogens is 4. The smallest absolute Gasteiger partial charge is 0.219 e. The van der Waals surface area contributed by atoms with E-state index in [4.69, 9.17) is 4.74 Å². The van der Waals surface area contributed by atoms with Crippen LogP contribution in [0.5, 0.6) is 11.6 Å². The van der Waals surface area contributed by atoms with E-state index in [0.29, 0.717) is 24.7 Å². The number of hydrogen-bond donors (Lipinski definition) is 2. The van der Waals surface area contributed by atoms with Gasteiger partial charge >= 0.3 is 0 Å². The number of halogens is 1. The van der Waals surface area contributed by atoms with Crippen molar-refractivity contribution in [2.75, 3.05) is 13.1 Å². The summed E-state index contributed by atoms with van der Waals surface area (Å²) in [5, 5.41) is 14.6. The minimum absolute atomic E-state index is 0.305. The third kappa shape index (κ3) is 6.26. The zero-order valence-corrected chi connectivity index (χ0v) is 17.2. The van der Waals surface area contributed by atoms with Gasteiger partial charge in [0.25, 0.3) is 0 Å². The van der Waals surface area contributed by atoms with Crippen molar-refractivity contribution in [1.82, 2.24) is 30.4 Å². The predicted molar refractivity (Wildman–Crippen MR) is 113 cm³/mol. The van der Waals surface area contributed by atoms with E-state index in [1.165, 1.54) is 12.1 Å². The first kappa shape index (κ1) is 21.2. The van der Waals surface area contributed by atoms with Crippen LogP contribution in [0.1, 0.15) is 25.2 Å². The van der Waals surface area contributed by atoms with Gasteiger partial charge in [-0.15, -0.1) is 10.2 Å². The molecular formula is C21H26FN7O. The van der Waals surface area contributed by atoms with Crippen molar-refractivity contribution in [3.8, 4) is 11.6 Å². The van der Waals surface area contributed by atoms with Crippen LogP contribution in [-0.2, 0) is 19.5 Å². The van der Waals surface area contributed by atoms with E-state index in [1.807, 2.05) is 17.6 Å². The number of ether oxygens (including phenoxy) is 1. The fourth-order valence-electron chi connectivity index (χ4n) is 2.73. The SMILES string of the molecule is CCNC(=NCc1ccc(Oc2ccc(F)cc2)nc1)NCCn1cnnc1CC. The van der Waals surface area contributed by atoms with Crippen LogP contribution in [0.3, 0.4) is 0 Å². The maximum atomic E-state index is 13.0. The molecule has 0 unspecified atom stereocenters. The van der Waals surface area contributed by atoms with E-state index in [1.54, 1.807) is 30.7 Å². The van der Waals surface area contributed by atoms with Gasteiger partial charge in [-0.1, -0.05) is 13.0 Å². The highest BCUT2D eigenvalue weighted by Gasteiger charge is 2.03. The Hall–Kier alpha value is -3.49. The molecule has 0 aliphatic carbocycles. The molecule has 3 aromatic rings. The minimum Gasteiger partial charge on any atom is -0.439 e. The zero-order chi connectivity index (χ0) is 21.2. The summed E-state index contributed by atoms with van der Waals surface area (Å²) < 4.78 is 20.6. The fraction of sp³-hybridized carbons (Fsp3) is 0.333.